The molecule has 18 heavy (non-hydrogen) atoms. The number of halogens is 1. The Hall–Kier alpha value is -1.07. The molecule has 1 aromatic rings. The molecule has 0 amide bonds. The van der Waals surface area contributed by atoms with Gasteiger partial charge in [0.15, 0.2) is 0 Å². The fourth-order valence-electron chi connectivity index (χ4n) is 1.81. The lowest BCUT2D eigenvalue weighted by atomic mass is 10.1. The molecule has 1 aliphatic rings. The fraction of sp³-hybridized carbons (Fsp3) is 0.667. The zero-order chi connectivity index (χ0) is 12.8. The molecule has 6 heteroatoms. The van der Waals surface area contributed by atoms with Crippen molar-refractivity contribution in [3.05, 3.63) is 11.2 Å². The van der Waals surface area contributed by atoms with Crippen molar-refractivity contribution >= 4 is 17.5 Å². The highest BCUT2D eigenvalue weighted by Crippen LogP contribution is 2.23. The number of nitrogens with one attached hydrogen (secondary N) is 1. The third kappa shape index (κ3) is 3.71. The zero-order valence-electron chi connectivity index (χ0n) is 10.5. The molecule has 1 aromatic heterocycles. The maximum absolute atomic E-state index is 6.00. The Kier molecular flexibility index (Phi) is 5.01. The molecule has 0 saturated carbocycles. The summed E-state index contributed by atoms with van der Waals surface area (Å²) < 4.78 is 11.2. The third-order valence-corrected chi connectivity index (χ3v) is 2.99. The van der Waals surface area contributed by atoms with Gasteiger partial charge in [-0.15, -0.1) is 0 Å². The van der Waals surface area contributed by atoms with E-state index in [0.717, 1.165) is 26.0 Å². The van der Waals surface area contributed by atoms with Crippen molar-refractivity contribution in [3.8, 4) is 5.88 Å². The zero-order valence-corrected chi connectivity index (χ0v) is 11.2. The van der Waals surface area contributed by atoms with Gasteiger partial charge in [0.05, 0.1) is 12.3 Å². The molecule has 1 saturated heterocycles. The Labute approximate surface area is 112 Å². The van der Waals surface area contributed by atoms with E-state index in [1.165, 1.54) is 6.42 Å². The van der Waals surface area contributed by atoms with Crippen LogP contribution >= 0.6 is 11.6 Å². The summed E-state index contributed by atoms with van der Waals surface area (Å²) in [6.45, 7) is 4.04. The van der Waals surface area contributed by atoms with Gasteiger partial charge in [0, 0.05) is 13.2 Å². The highest BCUT2D eigenvalue weighted by molar-refractivity contribution is 6.31. The molecule has 1 unspecified atom stereocenters. The van der Waals surface area contributed by atoms with Crippen molar-refractivity contribution in [2.45, 2.75) is 32.3 Å². The number of hydrogen-bond donors (Lipinski definition) is 1. The number of anilines is 1. The maximum Gasteiger partial charge on any atom is 0.237 e. The van der Waals surface area contributed by atoms with Crippen LogP contribution in [-0.2, 0) is 4.74 Å². The Morgan fingerprint density at radius 2 is 2.44 bits per heavy atom. The van der Waals surface area contributed by atoms with E-state index < -0.39 is 0 Å². The largest absolute Gasteiger partial charge is 0.474 e. The van der Waals surface area contributed by atoms with Crippen LogP contribution in [0.25, 0.3) is 0 Å². The van der Waals surface area contributed by atoms with Crippen LogP contribution < -0.4 is 10.1 Å². The SMILES string of the molecule is CCNc1ncc(Cl)c(OCC2CCCCO2)n1. The molecule has 2 heterocycles. The van der Waals surface area contributed by atoms with E-state index in [4.69, 9.17) is 21.1 Å². The van der Waals surface area contributed by atoms with E-state index in [9.17, 15) is 0 Å². The third-order valence-electron chi connectivity index (χ3n) is 2.73. The van der Waals surface area contributed by atoms with Gasteiger partial charge in [0.1, 0.15) is 11.6 Å². The minimum atomic E-state index is 0.146. The first-order valence-corrected chi connectivity index (χ1v) is 6.68. The first-order chi connectivity index (χ1) is 8.79. The summed E-state index contributed by atoms with van der Waals surface area (Å²) in [6, 6.07) is 0. The Morgan fingerprint density at radius 3 is 3.17 bits per heavy atom. The average Bonchev–Trinajstić information content (AvgIpc) is 2.41. The monoisotopic (exact) mass is 271 g/mol. The van der Waals surface area contributed by atoms with Crippen LogP contribution in [0.1, 0.15) is 26.2 Å². The molecule has 0 radical (unpaired) electrons. The minimum Gasteiger partial charge on any atom is -0.474 e. The molecule has 1 aliphatic heterocycles. The van der Waals surface area contributed by atoms with Crippen molar-refractivity contribution in [1.82, 2.24) is 9.97 Å². The first kappa shape index (κ1) is 13.4. The average molecular weight is 272 g/mol. The van der Waals surface area contributed by atoms with E-state index in [1.54, 1.807) is 6.20 Å². The van der Waals surface area contributed by atoms with E-state index >= 15 is 0 Å². The van der Waals surface area contributed by atoms with Gasteiger partial charge in [0.25, 0.3) is 0 Å². The Bertz CT molecular complexity index is 384. The quantitative estimate of drug-likeness (QED) is 0.892. The Balaban J connectivity index is 1.92. The van der Waals surface area contributed by atoms with Gasteiger partial charge < -0.3 is 14.8 Å². The lowest BCUT2D eigenvalue weighted by Gasteiger charge is -2.22. The van der Waals surface area contributed by atoms with E-state index in [-0.39, 0.29) is 6.10 Å². The molecule has 100 valence electrons. The molecule has 1 N–H and O–H groups in total. The standard InChI is InChI=1S/C12H18ClN3O2/c1-2-14-12-15-7-10(13)11(16-12)18-8-9-5-3-4-6-17-9/h7,9H,2-6,8H2,1H3,(H,14,15,16). The topological polar surface area (TPSA) is 56.3 Å². The van der Waals surface area contributed by atoms with E-state index in [0.29, 0.717) is 23.5 Å². The van der Waals surface area contributed by atoms with Gasteiger partial charge in [-0.1, -0.05) is 11.6 Å². The molecular weight excluding hydrogens is 254 g/mol. The highest BCUT2D eigenvalue weighted by atomic mass is 35.5. The second-order valence-corrected chi connectivity index (χ2v) is 4.58. The highest BCUT2D eigenvalue weighted by Gasteiger charge is 2.16. The normalized spacial score (nSPS) is 19.6. The summed E-state index contributed by atoms with van der Waals surface area (Å²) in [7, 11) is 0. The molecule has 1 atom stereocenters. The summed E-state index contributed by atoms with van der Waals surface area (Å²) in [5, 5.41) is 3.44. The predicted octanol–water partition coefficient (Wildman–Crippen LogP) is 2.51. The van der Waals surface area contributed by atoms with Gasteiger partial charge >= 0.3 is 0 Å². The minimum absolute atomic E-state index is 0.146. The molecule has 1 fully saturated rings. The van der Waals surface area contributed by atoms with Crippen molar-refractivity contribution in [2.75, 3.05) is 25.1 Å². The number of aromatic nitrogens is 2. The van der Waals surface area contributed by atoms with Gasteiger partial charge in [-0.25, -0.2) is 4.98 Å². The van der Waals surface area contributed by atoms with Gasteiger partial charge in [-0.05, 0) is 26.2 Å². The summed E-state index contributed by atoms with van der Waals surface area (Å²) >= 11 is 6.00. The van der Waals surface area contributed by atoms with Crippen LogP contribution in [0, 0.1) is 0 Å². The second kappa shape index (κ2) is 6.75. The Morgan fingerprint density at radius 1 is 1.56 bits per heavy atom. The van der Waals surface area contributed by atoms with Crippen LogP contribution in [0.5, 0.6) is 5.88 Å². The molecule has 0 aliphatic carbocycles. The second-order valence-electron chi connectivity index (χ2n) is 4.18. The molecule has 5 nitrogen and oxygen atoms in total. The lowest BCUT2D eigenvalue weighted by molar-refractivity contribution is -0.0119. The van der Waals surface area contributed by atoms with Crippen molar-refractivity contribution in [1.29, 1.82) is 0 Å². The van der Waals surface area contributed by atoms with Crippen LogP contribution in [0.4, 0.5) is 5.95 Å². The van der Waals surface area contributed by atoms with Gasteiger partial charge in [0.2, 0.25) is 11.8 Å². The van der Waals surface area contributed by atoms with E-state index in [1.807, 2.05) is 6.92 Å². The molecule has 0 bridgehead atoms. The van der Waals surface area contributed by atoms with Crippen LogP contribution in [0.2, 0.25) is 5.02 Å². The van der Waals surface area contributed by atoms with Crippen molar-refractivity contribution in [2.24, 2.45) is 0 Å². The van der Waals surface area contributed by atoms with Gasteiger partial charge in [-0.2, -0.15) is 4.98 Å². The molecule has 0 spiro atoms. The molecular formula is C12H18ClN3O2. The van der Waals surface area contributed by atoms with Crippen LogP contribution in [-0.4, -0.2) is 35.8 Å². The molecule has 0 aromatic carbocycles. The number of hydrogen-bond acceptors (Lipinski definition) is 5. The van der Waals surface area contributed by atoms with Gasteiger partial charge in [-0.3, -0.25) is 0 Å². The summed E-state index contributed by atoms with van der Waals surface area (Å²) in [6.07, 6.45) is 5.04. The summed E-state index contributed by atoms with van der Waals surface area (Å²) in [5.74, 6) is 0.943. The van der Waals surface area contributed by atoms with Crippen molar-refractivity contribution < 1.29 is 9.47 Å². The predicted molar refractivity (Wildman–Crippen MR) is 70.3 cm³/mol. The number of nitrogens with zero attached hydrogens (tertiary/aromatic N) is 2. The maximum atomic E-state index is 6.00. The smallest absolute Gasteiger partial charge is 0.237 e. The number of rotatable bonds is 5. The van der Waals surface area contributed by atoms with Crippen LogP contribution in [0.15, 0.2) is 6.20 Å². The number of ether oxygens (including phenoxy) is 2. The molecule has 2 rings (SSSR count). The van der Waals surface area contributed by atoms with E-state index in [2.05, 4.69) is 15.3 Å². The lowest BCUT2D eigenvalue weighted by Crippen LogP contribution is -2.26. The fourth-order valence-corrected chi connectivity index (χ4v) is 1.95. The summed E-state index contributed by atoms with van der Waals surface area (Å²) in [4.78, 5) is 8.27. The van der Waals surface area contributed by atoms with Crippen molar-refractivity contribution in [3.63, 3.8) is 0 Å². The summed E-state index contributed by atoms with van der Waals surface area (Å²) in [5.41, 5.74) is 0. The van der Waals surface area contributed by atoms with Crippen LogP contribution in [0.3, 0.4) is 0 Å². The first-order valence-electron chi connectivity index (χ1n) is 6.30.